The second kappa shape index (κ2) is 8.23. The molecule has 1 N–H and O–H groups in total. The third kappa shape index (κ3) is 4.06. The van der Waals surface area contributed by atoms with Crippen molar-refractivity contribution >= 4 is 11.9 Å². The van der Waals surface area contributed by atoms with Crippen LogP contribution in [-0.4, -0.2) is 48.7 Å². The zero-order valence-electron chi connectivity index (χ0n) is 15.2. The van der Waals surface area contributed by atoms with E-state index >= 15 is 0 Å². The van der Waals surface area contributed by atoms with Crippen LogP contribution in [0.3, 0.4) is 0 Å². The molecular weight excluding hydrogens is 322 g/mol. The monoisotopic (exact) mass is 349 g/mol. The van der Waals surface area contributed by atoms with Crippen LogP contribution in [0.1, 0.15) is 44.1 Å². The summed E-state index contributed by atoms with van der Waals surface area (Å²) in [6.45, 7) is 0. The van der Waals surface area contributed by atoms with Crippen molar-refractivity contribution in [2.24, 2.45) is 0 Å². The van der Waals surface area contributed by atoms with Gasteiger partial charge in [-0.2, -0.15) is 0 Å². The number of carbonyl (C=O) groups is 2. The summed E-state index contributed by atoms with van der Waals surface area (Å²) in [5.74, 6) is 0.227. The van der Waals surface area contributed by atoms with Gasteiger partial charge >= 0.3 is 5.97 Å². The molecule has 1 aliphatic rings. The van der Waals surface area contributed by atoms with E-state index in [1.807, 2.05) is 18.2 Å². The van der Waals surface area contributed by atoms with E-state index in [-0.39, 0.29) is 12.3 Å². The Morgan fingerprint density at radius 2 is 1.76 bits per heavy atom. The molecule has 2 rings (SSSR count). The molecule has 138 valence electrons. The SMILES string of the molecule is COc1ccc(CCC(=O)N(C)C2(C(=O)O)CCCCC2)cc1OC. The van der Waals surface area contributed by atoms with Gasteiger partial charge in [0.25, 0.3) is 0 Å². The Kier molecular flexibility index (Phi) is 6.28. The van der Waals surface area contributed by atoms with E-state index in [9.17, 15) is 14.7 Å². The van der Waals surface area contributed by atoms with Crippen molar-refractivity contribution in [1.82, 2.24) is 4.90 Å². The molecule has 0 heterocycles. The third-order valence-electron chi connectivity index (χ3n) is 5.17. The number of benzene rings is 1. The number of carbonyl (C=O) groups excluding carboxylic acids is 1. The molecule has 1 aromatic rings. The van der Waals surface area contributed by atoms with Gasteiger partial charge in [0.2, 0.25) is 5.91 Å². The molecule has 1 aliphatic carbocycles. The molecule has 1 aromatic carbocycles. The zero-order chi connectivity index (χ0) is 18.4. The molecule has 6 nitrogen and oxygen atoms in total. The molecule has 1 saturated carbocycles. The van der Waals surface area contributed by atoms with Crippen molar-refractivity contribution in [2.45, 2.75) is 50.5 Å². The van der Waals surface area contributed by atoms with Crippen LogP contribution in [0.4, 0.5) is 0 Å². The maximum Gasteiger partial charge on any atom is 0.329 e. The van der Waals surface area contributed by atoms with E-state index in [4.69, 9.17) is 9.47 Å². The molecule has 6 heteroatoms. The maximum atomic E-state index is 12.6. The Labute approximate surface area is 148 Å². The van der Waals surface area contributed by atoms with Gasteiger partial charge in [-0.3, -0.25) is 4.79 Å². The lowest BCUT2D eigenvalue weighted by atomic mass is 9.80. The largest absolute Gasteiger partial charge is 0.493 e. The summed E-state index contributed by atoms with van der Waals surface area (Å²) in [5, 5.41) is 9.69. The van der Waals surface area contributed by atoms with Crippen LogP contribution in [0.5, 0.6) is 11.5 Å². The van der Waals surface area contributed by atoms with Gasteiger partial charge < -0.3 is 19.5 Å². The van der Waals surface area contributed by atoms with Crippen molar-refractivity contribution < 1.29 is 24.2 Å². The van der Waals surface area contributed by atoms with Gasteiger partial charge in [0.1, 0.15) is 5.54 Å². The van der Waals surface area contributed by atoms with Crippen LogP contribution in [-0.2, 0) is 16.0 Å². The minimum absolute atomic E-state index is 0.140. The summed E-state index contributed by atoms with van der Waals surface area (Å²) >= 11 is 0. The number of hydrogen-bond donors (Lipinski definition) is 1. The number of rotatable bonds is 7. The van der Waals surface area contributed by atoms with Crippen LogP contribution >= 0.6 is 0 Å². The molecule has 0 aliphatic heterocycles. The van der Waals surface area contributed by atoms with Crippen LogP contribution in [0.15, 0.2) is 18.2 Å². The highest BCUT2D eigenvalue weighted by Crippen LogP contribution is 2.34. The molecular formula is C19H27NO5. The molecule has 0 saturated heterocycles. The van der Waals surface area contributed by atoms with E-state index in [0.29, 0.717) is 30.8 Å². The second-order valence-corrected chi connectivity index (χ2v) is 6.54. The highest BCUT2D eigenvalue weighted by Gasteiger charge is 2.45. The fourth-order valence-electron chi connectivity index (χ4n) is 3.52. The molecule has 1 fully saturated rings. The number of nitrogens with zero attached hydrogens (tertiary/aromatic N) is 1. The minimum Gasteiger partial charge on any atom is -0.493 e. The molecule has 1 amide bonds. The first-order chi connectivity index (χ1) is 11.9. The predicted molar refractivity (Wildman–Crippen MR) is 94.1 cm³/mol. The molecule has 0 aromatic heterocycles. The number of amides is 1. The van der Waals surface area contributed by atoms with Crippen molar-refractivity contribution in [2.75, 3.05) is 21.3 Å². The number of carboxylic acids is 1. The van der Waals surface area contributed by atoms with Gasteiger partial charge in [-0.15, -0.1) is 0 Å². The number of methoxy groups -OCH3 is 2. The molecule has 0 spiro atoms. The number of ether oxygens (including phenoxy) is 2. The van der Waals surface area contributed by atoms with E-state index in [0.717, 1.165) is 24.8 Å². The lowest BCUT2D eigenvalue weighted by molar-refractivity contribution is -0.160. The summed E-state index contributed by atoms with van der Waals surface area (Å²) in [7, 11) is 4.77. The summed E-state index contributed by atoms with van der Waals surface area (Å²) in [6, 6.07) is 5.55. The average molecular weight is 349 g/mol. The van der Waals surface area contributed by atoms with Gasteiger partial charge in [0.05, 0.1) is 14.2 Å². The van der Waals surface area contributed by atoms with E-state index < -0.39 is 11.5 Å². The number of carboxylic acid groups (broad SMARTS) is 1. The lowest BCUT2D eigenvalue weighted by Gasteiger charge is -2.41. The van der Waals surface area contributed by atoms with Crippen molar-refractivity contribution in [1.29, 1.82) is 0 Å². The second-order valence-electron chi connectivity index (χ2n) is 6.54. The van der Waals surface area contributed by atoms with E-state index in [1.54, 1.807) is 21.3 Å². The van der Waals surface area contributed by atoms with Crippen molar-refractivity contribution in [3.8, 4) is 11.5 Å². The predicted octanol–water partition coefficient (Wildman–Crippen LogP) is 2.88. The van der Waals surface area contributed by atoms with Crippen LogP contribution in [0.2, 0.25) is 0 Å². The standard InChI is InChI=1S/C19H27NO5/c1-20(19(18(22)23)11-5-4-6-12-19)17(21)10-8-14-7-9-15(24-2)16(13-14)25-3/h7,9,13H,4-6,8,10-12H2,1-3H3,(H,22,23). The summed E-state index contributed by atoms with van der Waals surface area (Å²) in [5.41, 5.74) is -0.0974. The van der Waals surface area contributed by atoms with Crippen LogP contribution < -0.4 is 9.47 Å². The Morgan fingerprint density at radius 1 is 1.12 bits per heavy atom. The molecule has 0 radical (unpaired) electrons. The first kappa shape index (κ1) is 19.1. The van der Waals surface area contributed by atoms with E-state index in [1.165, 1.54) is 4.90 Å². The average Bonchev–Trinajstić information content (AvgIpc) is 2.65. The molecule has 0 unspecified atom stereocenters. The smallest absolute Gasteiger partial charge is 0.329 e. The Hall–Kier alpha value is -2.24. The van der Waals surface area contributed by atoms with Gasteiger partial charge in [-0.1, -0.05) is 25.3 Å². The van der Waals surface area contributed by atoms with Crippen molar-refractivity contribution in [3.63, 3.8) is 0 Å². The van der Waals surface area contributed by atoms with Crippen LogP contribution in [0.25, 0.3) is 0 Å². The zero-order valence-corrected chi connectivity index (χ0v) is 15.2. The van der Waals surface area contributed by atoms with E-state index in [2.05, 4.69) is 0 Å². The van der Waals surface area contributed by atoms with Crippen molar-refractivity contribution in [3.05, 3.63) is 23.8 Å². The van der Waals surface area contributed by atoms with Gasteiger partial charge in [0, 0.05) is 13.5 Å². The fraction of sp³-hybridized carbons (Fsp3) is 0.579. The van der Waals surface area contributed by atoms with Gasteiger partial charge in [0.15, 0.2) is 11.5 Å². The number of aryl methyl sites for hydroxylation is 1. The normalized spacial score (nSPS) is 16.1. The fourth-order valence-corrected chi connectivity index (χ4v) is 3.52. The third-order valence-corrected chi connectivity index (χ3v) is 5.17. The molecule has 0 atom stereocenters. The molecule has 25 heavy (non-hydrogen) atoms. The van der Waals surface area contributed by atoms with Crippen LogP contribution in [0, 0.1) is 0 Å². The Morgan fingerprint density at radius 3 is 2.32 bits per heavy atom. The maximum absolute atomic E-state index is 12.6. The Bertz CT molecular complexity index is 622. The Balaban J connectivity index is 2.05. The number of aliphatic carboxylic acids is 1. The first-order valence-corrected chi connectivity index (χ1v) is 8.65. The minimum atomic E-state index is -1.05. The topological polar surface area (TPSA) is 76.1 Å². The quantitative estimate of drug-likeness (QED) is 0.819. The first-order valence-electron chi connectivity index (χ1n) is 8.65. The molecule has 0 bridgehead atoms. The highest BCUT2D eigenvalue weighted by molar-refractivity contribution is 5.87. The summed E-state index contributed by atoms with van der Waals surface area (Å²) in [6.07, 6.45) is 4.57. The summed E-state index contributed by atoms with van der Waals surface area (Å²) < 4.78 is 10.5. The van der Waals surface area contributed by atoms with Gasteiger partial charge in [-0.25, -0.2) is 4.79 Å². The summed E-state index contributed by atoms with van der Waals surface area (Å²) in [4.78, 5) is 25.9. The highest BCUT2D eigenvalue weighted by atomic mass is 16.5. The number of likely N-dealkylation sites (N-methyl/N-ethyl adjacent to an activating group) is 1. The lowest BCUT2D eigenvalue weighted by Crippen LogP contribution is -2.56. The van der Waals surface area contributed by atoms with Gasteiger partial charge in [-0.05, 0) is 37.0 Å². The number of hydrogen-bond acceptors (Lipinski definition) is 4.